The normalized spacial score (nSPS) is 21.2. The Morgan fingerprint density at radius 2 is 1.89 bits per heavy atom. The van der Waals surface area contributed by atoms with Gasteiger partial charge in [0.2, 0.25) is 0 Å². The van der Waals surface area contributed by atoms with Gasteiger partial charge in [0.15, 0.2) is 0 Å². The van der Waals surface area contributed by atoms with Gasteiger partial charge in [-0.3, -0.25) is 0 Å². The number of hydrogen-bond acceptors (Lipinski definition) is 2. The first-order valence-electron chi connectivity index (χ1n) is 6.12. The molecule has 0 aliphatic carbocycles. The minimum Gasteiger partial charge on any atom is -0.481 e. The van der Waals surface area contributed by atoms with Gasteiger partial charge in [-0.25, -0.2) is 8.78 Å². The molecule has 2 nitrogen and oxygen atoms in total. The van der Waals surface area contributed by atoms with Crippen LogP contribution in [0.2, 0.25) is 0 Å². The fourth-order valence-corrected chi connectivity index (χ4v) is 2.32. The maximum Gasteiger partial charge on any atom is 0.146 e. The summed E-state index contributed by atoms with van der Waals surface area (Å²) in [6.45, 7) is 1.88. The number of rotatable bonds is 1. The number of nitrogens with one attached hydrogen (secondary N) is 1. The molecule has 19 heavy (non-hydrogen) atoms. The van der Waals surface area contributed by atoms with Crippen LogP contribution in [0, 0.1) is 11.6 Å². The summed E-state index contributed by atoms with van der Waals surface area (Å²) in [5.41, 5.74) is 1.09. The van der Waals surface area contributed by atoms with E-state index < -0.39 is 6.10 Å². The van der Waals surface area contributed by atoms with Crippen molar-refractivity contribution in [2.45, 2.75) is 19.1 Å². The SMILES string of the molecule is CC1Nc2cc(F)ccc2OC1c1ccccc1F. The molecule has 0 saturated carbocycles. The topological polar surface area (TPSA) is 21.3 Å². The van der Waals surface area contributed by atoms with Crippen LogP contribution in [0.15, 0.2) is 42.5 Å². The zero-order valence-corrected chi connectivity index (χ0v) is 10.4. The van der Waals surface area contributed by atoms with Crippen molar-refractivity contribution in [2.75, 3.05) is 5.32 Å². The predicted molar refractivity (Wildman–Crippen MR) is 69.3 cm³/mol. The molecule has 0 saturated heterocycles. The average Bonchev–Trinajstić information content (AvgIpc) is 2.39. The summed E-state index contributed by atoms with van der Waals surface area (Å²) in [5.74, 6) is -0.0918. The molecule has 0 fully saturated rings. The number of anilines is 1. The van der Waals surface area contributed by atoms with Crippen LogP contribution in [0.4, 0.5) is 14.5 Å². The third kappa shape index (κ3) is 2.14. The fraction of sp³-hybridized carbons (Fsp3) is 0.200. The fourth-order valence-electron chi connectivity index (χ4n) is 2.32. The molecule has 0 spiro atoms. The van der Waals surface area contributed by atoms with Crippen LogP contribution in [0.1, 0.15) is 18.6 Å². The third-order valence-electron chi connectivity index (χ3n) is 3.24. The smallest absolute Gasteiger partial charge is 0.146 e. The van der Waals surface area contributed by atoms with Gasteiger partial charge >= 0.3 is 0 Å². The number of halogens is 2. The minimum atomic E-state index is -0.431. The number of hydrogen-bond donors (Lipinski definition) is 1. The highest BCUT2D eigenvalue weighted by Crippen LogP contribution is 2.38. The van der Waals surface area contributed by atoms with Crippen molar-refractivity contribution >= 4 is 5.69 Å². The Labute approximate surface area is 110 Å². The van der Waals surface area contributed by atoms with Gasteiger partial charge < -0.3 is 10.1 Å². The van der Waals surface area contributed by atoms with Crippen LogP contribution in [0.25, 0.3) is 0 Å². The summed E-state index contributed by atoms with van der Waals surface area (Å²) in [6, 6.07) is 10.6. The summed E-state index contributed by atoms with van der Waals surface area (Å²) in [7, 11) is 0. The molecule has 98 valence electrons. The summed E-state index contributed by atoms with van der Waals surface area (Å²) in [6.07, 6.45) is -0.431. The van der Waals surface area contributed by atoms with Crippen molar-refractivity contribution in [1.82, 2.24) is 0 Å². The molecule has 3 rings (SSSR count). The zero-order valence-electron chi connectivity index (χ0n) is 10.4. The summed E-state index contributed by atoms with van der Waals surface area (Å²) < 4.78 is 32.8. The molecule has 2 unspecified atom stereocenters. The highest BCUT2D eigenvalue weighted by molar-refractivity contribution is 5.59. The van der Waals surface area contributed by atoms with Crippen molar-refractivity contribution in [1.29, 1.82) is 0 Å². The highest BCUT2D eigenvalue weighted by atomic mass is 19.1. The van der Waals surface area contributed by atoms with Crippen LogP contribution in [-0.4, -0.2) is 6.04 Å². The van der Waals surface area contributed by atoms with Gasteiger partial charge in [0.25, 0.3) is 0 Å². The molecule has 2 aromatic rings. The highest BCUT2D eigenvalue weighted by Gasteiger charge is 2.29. The molecule has 1 N–H and O–H groups in total. The molecule has 0 aromatic heterocycles. The van der Waals surface area contributed by atoms with Gasteiger partial charge in [-0.2, -0.15) is 0 Å². The van der Waals surface area contributed by atoms with Crippen LogP contribution < -0.4 is 10.1 Å². The molecular formula is C15H13F2NO. The van der Waals surface area contributed by atoms with Gasteiger partial charge in [0, 0.05) is 11.6 Å². The molecule has 1 heterocycles. The van der Waals surface area contributed by atoms with Crippen molar-refractivity contribution < 1.29 is 13.5 Å². The van der Waals surface area contributed by atoms with E-state index in [1.165, 1.54) is 18.2 Å². The second-order valence-electron chi connectivity index (χ2n) is 4.63. The Hall–Kier alpha value is -2.10. The van der Waals surface area contributed by atoms with Crippen molar-refractivity contribution in [3.05, 3.63) is 59.7 Å². The van der Waals surface area contributed by atoms with E-state index in [2.05, 4.69) is 5.32 Å². The van der Waals surface area contributed by atoms with Crippen LogP contribution in [-0.2, 0) is 0 Å². The Morgan fingerprint density at radius 1 is 1.11 bits per heavy atom. The lowest BCUT2D eigenvalue weighted by Gasteiger charge is -2.33. The van der Waals surface area contributed by atoms with Crippen LogP contribution in [0.3, 0.4) is 0 Å². The van der Waals surface area contributed by atoms with Gasteiger partial charge in [-0.05, 0) is 25.1 Å². The lowest BCUT2D eigenvalue weighted by atomic mass is 10.0. The second-order valence-corrected chi connectivity index (χ2v) is 4.63. The number of ether oxygens (including phenoxy) is 1. The molecular weight excluding hydrogens is 248 g/mol. The largest absolute Gasteiger partial charge is 0.481 e. The minimum absolute atomic E-state index is 0.147. The van der Waals surface area contributed by atoms with Crippen LogP contribution in [0.5, 0.6) is 5.75 Å². The quantitative estimate of drug-likeness (QED) is 0.840. The van der Waals surface area contributed by atoms with Crippen molar-refractivity contribution in [3.8, 4) is 5.75 Å². The van der Waals surface area contributed by atoms with E-state index in [4.69, 9.17) is 4.74 Å². The van der Waals surface area contributed by atoms with Crippen molar-refractivity contribution in [3.63, 3.8) is 0 Å². The van der Waals surface area contributed by atoms with E-state index >= 15 is 0 Å². The van der Waals surface area contributed by atoms with Gasteiger partial charge in [-0.15, -0.1) is 0 Å². The van der Waals surface area contributed by atoms with E-state index in [1.54, 1.807) is 24.3 Å². The molecule has 0 amide bonds. The molecule has 2 aromatic carbocycles. The van der Waals surface area contributed by atoms with Crippen LogP contribution >= 0.6 is 0 Å². The standard InChI is InChI=1S/C15H13F2NO/c1-9-15(11-4-2-3-5-12(11)17)19-14-7-6-10(16)8-13(14)18-9/h2-9,15,18H,1H3. The lowest BCUT2D eigenvalue weighted by Crippen LogP contribution is -2.33. The molecule has 1 aliphatic heterocycles. The maximum absolute atomic E-state index is 13.8. The Morgan fingerprint density at radius 3 is 2.68 bits per heavy atom. The third-order valence-corrected chi connectivity index (χ3v) is 3.24. The Balaban J connectivity index is 1.98. The van der Waals surface area contributed by atoms with E-state index in [1.807, 2.05) is 6.92 Å². The molecule has 0 bridgehead atoms. The Bertz CT molecular complexity index is 615. The van der Waals surface area contributed by atoms with Crippen molar-refractivity contribution in [2.24, 2.45) is 0 Å². The molecule has 1 aliphatic rings. The van der Waals surface area contributed by atoms with Gasteiger partial charge in [-0.1, -0.05) is 18.2 Å². The van der Waals surface area contributed by atoms with Gasteiger partial charge in [0.05, 0.1) is 11.7 Å². The van der Waals surface area contributed by atoms with E-state index in [0.29, 0.717) is 17.0 Å². The van der Waals surface area contributed by atoms with Gasteiger partial charge in [0.1, 0.15) is 23.5 Å². The molecule has 4 heteroatoms. The molecule has 2 atom stereocenters. The zero-order chi connectivity index (χ0) is 13.4. The first kappa shape index (κ1) is 12.0. The number of fused-ring (bicyclic) bond motifs is 1. The number of benzene rings is 2. The molecule has 0 radical (unpaired) electrons. The monoisotopic (exact) mass is 261 g/mol. The van der Waals surface area contributed by atoms with E-state index in [9.17, 15) is 8.78 Å². The van der Waals surface area contributed by atoms with E-state index in [0.717, 1.165) is 0 Å². The summed E-state index contributed by atoms with van der Waals surface area (Å²) >= 11 is 0. The first-order chi connectivity index (χ1) is 9.15. The first-order valence-corrected chi connectivity index (χ1v) is 6.12. The average molecular weight is 261 g/mol. The summed E-state index contributed by atoms with van der Waals surface area (Å²) in [5, 5.41) is 3.14. The van der Waals surface area contributed by atoms with E-state index in [-0.39, 0.29) is 17.7 Å². The summed E-state index contributed by atoms with van der Waals surface area (Å²) in [4.78, 5) is 0. The Kier molecular flexibility index (Phi) is 2.85. The maximum atomic E-state index is 13.8. The second kappa shape index (κ2) is 4.53. The lowest BCUT2D eigenvalue weighted by molar-refractivity contribution is 0.173. The predicted octanol–water partition coefficient (Wildman–Crippen LogP) is 3.90.